The third-order valence-corrected chi connectivity index (χ3v) is 2.93. The summed E-state index contributed by atoms with van der Waals surface area (Å²) in [4.78, 5) is 0. The molecular weight excluding hydrogens is 252 g/mol. The second-order valence-electron chi connectivity index (χ2n) is 4.42. The van der Waals surface area contributed by atoms with Crippen LogP contribution in [0.5, 0.6) is 5.75 Å². The fraction of sp³-hybridized carbons (Fsp3) is 0.250. The molecule has 0 aliphatic rings. The van der Waals surface area contributed by atoms with Crippen molar-refractivity contribution in [1.82, 2.24) is 0 Å². The Balaban J connectivity index is 1.93. The lowest BCUT2D eigenvalue weighted by atomic mass is 10.2. The monoisotopic (exact) mass is 272 g/mol. The first-order valence-corrected chi connectivity index (χ1v) is 6.58. The second kappa shape index (κ2) is 7.40. The van der Waals surface area contributed by atoms with Crippen LogP contribution in [0, 0.1) is 0 Å². The zero-order valence-electron chi connectivity index (χ0n) is 11.6. The third-order valence-electron chi connectivity index (χ3n) is 2.93. The molecule has 0 atom stereocenters. The number of nitrogen functional groups attached to an aromatic ring is 1. The van der Waals surface area contributed by atoms with Crippen molar-refractivity contribution in [2.75, 3.05) is 31.4 Å². The number of methoxy groups -OCH3 is 1. The molecule has 0 radical (unpaired) electrons. The molecule has 0 aliphatic heterocycles. The Hall–Kier alpha value is -2.20. The second-order valence-corrected chi connectivity index (χ2v) is 4.42. The molecular formula is C16H20N2O2. The van der Waals surface area contributed by atoms with Crippen molar-refractivity contribution in [1.29, 1.82) is 0 Å². The first-order chi connectivity index (χ1) is 9.79. The Kier molecular flexibility index (Phi) is 5.26. The predicted octanol–water partition coefficient (Wildman–Crippen LogP) is 2.91. The molecule has 0 heterocycles. The topological polar surface area (TPSA) is 56.5 Å². The van der Waals surface area contributed by atoms with Gasteiger partial charge in [-0.2, -0.15) is 0 Å². The van der Waals surface area contributed by atoms with Crippen LogP contribution in [0.4, 0.5) is 11.4 Å². The minimum atomic E-state index is 0.547. The van der Waals surface area contributed by atoms with Crippen LogP contribution in [0.1, 0.15) is 5.56 Å². The summed E-state index contributed by atoms with van der Waals surface area (Å²) in [5.74, 6) is 0.827. The standard InChI is InChI=1S/C16H20N2O2/c1-19-9-10-20-15-7-4-6-14(11-15)18-12-13-5-2-3-8-16(13)17/h2-8,11,18H,9-10,12,17H2,1H3. The van der Waals surface area contributed by atoms with E-state index in [0.717, 1.165) is 22.7 Å². The zero-order valence-corrected chi connectivity index (χ0v) is 11.6. The van der Waals surface area contributed by atoms with Crippen LogP contribution < -0.4 is 15.8 Å². The summed E-state index contributed by atoms with van der Waals surface area (Å²) in [7, 11) is 1.66. The SMILES string of the molecule is COCCOc1cccc(NCc2ccccc2N)c1. The number of benzene rings is 2. The van der Waals surface area contributed by atoms with E-state index in [1.165, 1.54) is 0 Å². The summed E-state index contributed by atoms with van der Waals surface area (Å²) >= 11 is 0. The van der Waals surface area contributed by atoms with Crippen LogP contribution in [-0.2, 0) is 11.3 Å². The fourth-order valence-corrected chi connectivity index (χ4v) is 1.83. The normalized spacial score (nSPS) is 10.2. The highest BCUT2D eigenvalue weighted by Crippen LogP contribution is 2.19. The number of ether oxygens (including phenoxy) is 2. The van der Waals surface area contributed by atoms with Crippen LogP contribution in [0.3, 0.4) is 0 Å². The molecule has 2 aromatic carbocycles. The van der Waals surface area contributed by atoms with Gasteiger partial charge in [-0.25, -0.2) is 0 Å². The van der Waals surface area contributed by atoms with Gasteiger partial charge in [0.25, 0.3) is 0 Å². The first kappa shape index (κ1) is 14.2. The Labute approximate surface area is 119 Å². The molecule has 0 aromatic heterocycles. The van der Waals surface area contributed by atoms with Crippen LogP contribution in [0.2, 0.25) is 0 Å². The summed E-state index contributed by atoms with van der Waals surface area (Å²) in [5, 5.41) is 3.34. The van der Waals surface area contributed by atoms with Crippen LogP contribution in [0.25, 0.3) is 0 Å². The fourth-order valence-electron chi connectivity index (χ4n) is 1.83. The van der Waals surface area contributed by atoms with Crippen LogP contribution in [0.15, 0.2) is 48.5 Å². The maximum absolute atomic E-state index is 5.92. The van der Waals surface area contributed by atoms with Crippen molar-refractivity contribution in [3.8, 4) is 5.75 Å². The molecule has 4 heteroatoms. The number of para-hydroxylation sites is 1. The number of rotatable bonds is 7. The van der Waals surface area contributed by atoms with Crippen molar-refractivity contribution in [2.24, 2.45) is 0 Å². The van der Waals surface area contributed by atoms with Gasteiger partial charge in [0.15, 0.2) is 0 Å². The smallest absolute Gasteiger partial charge is 0.121 e. The largest absolute Gasteiger partial charge is 0.491 e. The van der Waals surface area contributed by atoms with E-state index in [1.807, 2.05) is 48.5 Å². The highest BCUT2D eigenvalue weighted by atomic mass is 16.5. The van der Waals surface area contributed by atoms with E-state index < -0.39 is 0 Å². The predicted molar refractivity (Wildman–Crippen MR) is 82.0 cm³/mol. The molecule has 0 saturated heterocycles. The van der Waals surface area contributed by atoms with Gasteiger partial charge in [-0.3, -0.25) is 0 Å². The van der Waals surface area contributed by atoms with E-state index in [9.17, 15) is 0 Å². The van der Waals surface area contributed by atoms with Gasteiger partial charge < -0.3 is 20.5 Å². The quantitative estimate of drug-likeness (QED) is 0.601. The molecule has 0 bridgehead atoms. The Bertz CT molecular complexity index is 544. The molecule has 2 rings (SSSR count). The van der Waals surface area contributed by atoms with E-state index in [4.69, 9.17) is 15.2 Å². The maximum Gasteiger partial charge on any atom is 0.121 e. The summed E-state index contributed by atoms with van der Waals surface area (Å²) < 4.78 is 10.5. The average molecular weight is 272 g/mol. The van der Waals surface area contributed by atoms with Crippen molar-refractivity contribution in [3.05, 3.63) is 54.1 Å². The Morgan fingerprint density at radius 1 is 1.05 bits per heavy atom. The lowest BCUT2D eigenvalue weighted by Gasteiger charge is -2.11. The van der Waals surface area contributed by atoms with E-state index in [2.05, 4.69) is 5.32 Å². The molecule has 0 unspecified atom stereocenters. The van der Waals surface area contributed by atoms with E-state index >= 15 is 0 Å². The highest BCUT2D eigenvalue weighted by molar-refractivity contribution is 5.52. The number of hydrogen-bond acceptors (Lipinski definition) is 4. The number of anilines is 2. The van der Waals surface area contributed by atoms with Gasteiger partial charge in [0.1, 0.15) is 12.4 Å². The van der Waals surface area contributed by atoms with Gasteiger partial charge in [-0.15, -0.1) is 0 Å². The summed E-state index contributed by atoms with van der Waals surface area (Å²) in [6.07, 6.45) is 0. The molecule has 0 fully saturated rings. The molecule has 106 valence electrons. The van der Waals surface area contributed by atoms with Crippen molar-refractivity contribution in [2.45, 2.75) is 6.54 Å². The molecule has 4 nitrogen and oxygen atoms in total. The number of hydrogen-bond donors (Lipinski definition) is 2. The molecule has 0 spiro atoms. The molecule has 3 N–H and O–H groups in total. The molecule has 0 aliphatic carbocycles. The summed E-state index contributed by atoms with van der Waals surface area (Å²) in [6.45, 7) is 1.82. The molecule has 0 saturated carbocycles. The van der Waals surface area contributed by atoms with E-state index in [0.29, 0.717) is 19.8 Å². The Morgan fingerprint density at radius 2 is 1.90 bits per heavy atom. The molecule has 2 aromatic rings. The van der Waals surface area contributed by atoms with E-state index in [1.54, 1.807) is 7.11 Å². The average Bonchev–Trinajstić information content (AvgIpc) is 2.47. The molecule has 0 amide bonds. The summed E-state index contributed by atoms with van der Waals surface area (Å²) in [6, 6.07) is 15.7. The van der Waals surface area contributed by atoms with E-state index in [-0.39, 0.29) is 0 Å². The van der Waals surface area contributed by atoms with Gasteiger partial charge in [-0.05, 0) is 23.8 Å². The van der Waals surface area contributed by atoms with Crippen molar-refractivity contribution >= 4 is 11.4 Å². The van der Waals surface area contributed by atoms with Crippen LogP contribution in [-0.4, -0.2) is 20.3 Å². The van der Waals surface area contributed by atoms with Gasteiger partial charge in [0, 0.05) is 31.1 Å². The number of nitrogens with two attached hydrogens (primary N) is 1. The third kappa shape index (κ3) is 4.17. The van der Waals surface area contributed by atoms with Gasteiger partial charge in [0.2, 0.25) is 0 Å². The lowest BCUT2D eigenvalue weighted by molar-refractivity contribution is 0.146. The lowest BCUT2D eigenvalue weighted by Crippen LogP contribution is -2.05. The Morgan fingerprint density at radius 3 is 2.70 bits per heavy atom. The van der Waals surface area contributed by atoms with Crippen molar-refractivity contribution in [3.63, 3.8) is 0 Å². The zero-order chi connectivity index (χ0) is 14.2. The minimum Gasteiger partial charge on any atom is -0.491 e. The first-order valence-electron chi connectivity index (χ1n) is 6.58. The van der Waals surface area contributed by atoms with Crippen LogP contribution >= 0.6 is 0 Å². The van der Waals surface area contributed by atoms with Crippen molar-refractivity contribution < 1.29 is 9.47 Å². The van der Waals surface area contributed by atoms with Gasteiger partial charge >= 0.3 is 0 Å². The minimum absolute atomic E-state index is 0.547. The highest BCUT2D eigenvalue weighted by Gasteiger charge is 2.00. The molecule has 20 heavy (non-hydrogen) atoms. The van der Waals surface area contributed by atoms with Gasteiger partial charge in [-0.1, -0.05) is 24.3 Å². The summed E-state index contributed by atoms with van der Waals surface area (Å²) in [5.41, 5.74) is 8.80. The number of nitrogens with one attached hydrogen (secondary N) is 1. The maximum atomic E-state index is 5.92. The van der Waals surface area contributed by atoms with Gasteiger partial charge in [0.05, 0.1) is 6.61 Å².